The molecule has 120 valence electrons. The first kappa shape index (κ1) is 16.8. The Kier molecular flexibility index (Phi) is 6.24. The molecule has 0 aliphatic carbocycles. The number of hydrogen-bond acceptors (Lipinski definition) is 3. The van der Waals surface area contributed by atoms with E-state index in [1.54, 1.807) is 11.0 Å². The van der Waals surface area contributed by atoms with Crippen LogP contribution < -0.4 is 4.74 Å². The number of hydrogen-bond donors (Lipinski definition) is 1. The van der Waals surface area contributed by atoms with E-state index >= 15 is 0 Å². The highest BCUT2D eigenvalue weighted by molar-refractivity contribution is 9.10. The molecular formula is C16H20BrNO4. The van der Waals surface area contributed by atoms with Gasteiger partial charge in [0.15, 0.2) is 6.61 Å². The summed E-state index contributed by atoms with van der Waals surface area (Å²) in [5, 5.41) is 8.81. The Labute approximate surface area is 138 Å². The molecule has 1 aromatic rings. The van der Waals surface area contributed by atoms with E-state index in [1.807, 2.05) is 18.2 Å². The second-order valence-corrected chi connectivity index (χ2v) is 6.33. The molecule has 1 aromatic carbocycles. The maximum Gasteiger partial charge on any atom is 0.303 e. The van der Waals surface area contributed by atoms with E-state index in [2.05, 4.69) is 15.9 Å². The van der Waals surface area contributed by atoms with Crippen molar-refractivity contribution in [2.75, 3.05) is 13.2 Å². The van der Waals surface area contributed by atoms with Crippen molar-refractivity contribution in [2.24, 2.45) is 0 Å². The van der Waals surface area contributed by atoms with Gasteiger partial charge in [-0.2, -0.15) is 0 Å². The average molecular weight is 370 g/mol. The van der Waals surface area contributed by atoms with Crippen LogP contribution in [0.15, 0.2) is 28.7 Å². The van der Waals surface area contributed by atoms with Crippen LogP contribution in [0.5, 0.6) is 5.75 Å². The number of benzene rings is 1. The second kappa shape index (κ2) is 8.17. The topological polar surface area (TPSA) is 66.8 Å². The van der Waals surface area contributed by atoms with Gasteiger partial charge in [0, 0.05) is 23.5 Å². The van der Waals surface area contributed by atoms with Crippen molar-refractivity contribution in [3.05, 3.63) is 28.7 Å². The number of rotatable bonds is 6. The van der Waals surface area contributed by atoms with Crippen LogP contribution in [0.3, 0.4) is 0 Å². The monoisotopic (exact) mass is 369 g/mol. The lowest BCUT2D eigenvalue weighted by Crippen LogP contribution is -2.46. The van der Waals surface area contributed by atoms with Gasteiger partial charge >= 0.3 is 5.97 Å². The Morgan fingerprint density at radius 2 is 2.18 bits per heavy atom. The minimum Gasteiger partial charge on any atom is -0.484 e. The van der Waals surface area contributed by atoms with Gasteiger partial charge in [0.05, 0.1) is 0 Å². The molecule has 2 rings (SSSR count). The van der Waals surface area contributed by atoms with Crippen LogP contribution in [0.1, 0.15) is 32.1 Å². The number of likely N-dealkylation sites (tertiary alicyclic amines) is 1. The molecule has 0 saturated carbocycles. The highest BCUT2D eigenvalue weighted by atomic mass is 79.9. The fraction of sp³-hybridized carbons (Fsp3) is 0.500. The van der Waals surface area contributed by atoms with Crippen molar-refractivity contribution < 1.29 is 19.4 Å². The van der Waals surface area contributed by atoms with Crippen molar-refractivity contribution in [1.29, 1.82) is 0 Å². The standard InChI is InChI=1S/C16H20BrNO4/c17-12-4-3-6-14(10-12)22-11-15(19)18-9-2-1-5-13(18)7-8-16(20)21/h3-4,6,10,13H,1-2,5,7-9,11H2,(H,20,21). The number of ether oxygens (including phenoxy) is 1. The highest BCUT2D eigenvalue weighted by Gasteiger charge is 2.27. The predicted molar refractivity (Wildman–Crippen MR) is 85.9 cm³/mol. The zero-order valence-electron chi connectivity index (χ0n) is 12.3. The molecule has 1 saturated heterocycles. The smallest absolute Gasteiger partial charge is 0.303 e. The Morgan fingerprint density at radius 1 is 1.36 bits per heavy atom. The van der Waals surface area contributed by atoms with Gasteiger partial charge in [0.2, 0.25) is 0 Å². The SMILES string of the molecule is O=C(O)CCC1CCCCN1C(=O)COc1cccc(Br)c1. The summed E-state index contributed by atoms with van der Waals surface area (Å²) in [5.41, 5.74) is 0. The maximum absolute atomic E-state index is 12.4. The lowest BCUT2D eigenvalue weighted by atomic mass is 9.98. The van der Waals surface area contributed by atoms with E-state index in [-0.39, 0.29) is 25.0 Å². The molecule has 1 N–H and O–H groups in total. The zero-order chi connectivity index (χ0) is 15.9. The number of amides is 1. The molecule has 1 amide bonds. The molecule has 1 heterocycles. The average Bonchev–Trinajstić information content (AvgIpc) is 2.51. The number of aliphatic carboxylic acids is 1. The van der Waals surface area contributed by atoms with Gasteiger partial charge in [0.1, 0.15) is 5.75 Å². The molecular weight excluding hydrogens is 350 g/mol. The number of carboxylic acids is 1. The molecule has 1 fully saturated rings. The summed E-state index contributed by atoms with van der Waals surface area (Å²) in [6.45, 7) is 0.672. The number of halogens is 1. The third-order valence-corrected chi connectivity index (χ3v) is 4.29. The molecule has 6 heteroatoms. The van der Waals surface area contributed by atoms with Gasteiger partial charge in [-0.25, -0.2) is 0 Å². The first-order valence-electron chi connectivity index (χ1n) is 7.46. The van der Waals surface area contributed by atoms with E-state index < -0.39 is 5.97 Å². The number of nitrogens with zero attached hydrogens (tertiary/aromatic N) is 1. The van der Waals surface area contributed by atoms with Crippen LogP contribution in [0.25, 0.3) is 0 Å². The molecule has 0 bridgehead atoms. The number of carboxylic acid groups (broad SMARTS) is 1. The normalized spacial score (nSPS) is 18.0. The van der Waals surface area contributed by atoms with E-state index in [0.717, 1.165) is 23.7 Å². The highest BCUT2D eigenvalue weighted by Crippen LogP contribution is 2.22. The summed E-state index contributed by atoms with van der Waals surface area (Å²) in [5.74, 6) is -0.250. The Balaban J connectivity index is 1.89. The lowest BCUT2D eigenvalue weighted by molar-refractivity contribution is -0.141. The van der Waals surface area contributed by atoms with E-state index in [1.165, 1.54) is 0 Å². The van der Waals surface area contributed by atoms with Gasteiger partial charge in [-0.1, -0.05) is 22.0 Å². The Bertz CT molecular complexity index is 535. The number of carbonyl (C=O) groups is 2. The maximum atomic E-state index is 12.4. The van der Waals surface area contributed by atoms with Crippen molar-refractivity contribution in [3.8, 4) is 5.75 Å². The van der Waals surface area contributed by atoms with Gasteiger partial charge in [-0.05, 0) is 43.9 Å². The van der Waals surface area contributed by atoms with Crippen molar-refractivity contribution in [3.63, 3.8) is 0 Å². The van der Waals surface area contributed by atoms with Gasteiger partial charge in [-0.3, -0.25) is 9.59 Å². The van der Waals surface area contributed by atoms with E-state index in [0.29, 0.717) is 18.7 Å². The minimum absolute atomic E-state index is 0.0139. The quantitative estimate of drug-likeness (QED) is 0.836. The first-order valence-corrected chi connectivity index (χ1v) is 8.25. The fourth-order valence-electron chi connectivity index (χ4n) is 2.70. The molecule has 0 aromatic heterocycles. The van der Waals surface area contributed by atoms with Crippen LogP contribution in [0, 0.1) is 0 Å². The van der Waals surface area contributed by atoms with Gasteiger partial charge in [-0.15, -0.1) is 0 Å². The van der Waals surface area contributed by atoms with Crippen LogP contribution in [-0.4, -0.2) is 41.1 Å². The summed E-state index contributed by atoms with van der Waals surface area (Å²) in [7, 11) is 0. The van der Waals surface area contributed by atoms with Crippen molar-refractivity contribution >= 4 is 27.8 Å². The summed E-state index contributed by atoms with van der Waals surface area (Å²) in [6.07, 6.45) is 3.49. The summed E-state index contributed by atoms with van der Waals surface area (Å²) in [4.78, 5) is 24.9. The molecule has 5 nitrogen and oxygen atoms in total. The fourth-order valence-corrected chi connectivity index (χ4v) is 3.08. The molecule has 1 unspecified atom stereocenters. The molecule has 1 aliphatic heterocycles. The number of carbonyl (C=O) groups excluding carboxylic acids is 1. The molecule has 1 aliphatic rings. The van der Waals surface area contributed by atoms with Crippen molar-refractivity contribution in [2.45, 2.75) is 38.1 Å². The predicted octanol–water partition coefficient (Wildman–Crippen LogP) is 3.07. The van der Waals surface area contributed by atoms with Gasteiger partial charge < -0.3 is 14.7 Å². The lowest BCUT2D eigenvalue weighted by Gasteiger charge is -2.35. The summed E-state index contributed by atoms with van der Waals surface area (Å²) in [6, 6.07) is 7.37. The minimum atomic E-state index is -0.816. The Morgan fingerprint density at radius 3 is 2.91 bits per heavy atom. The molecule has 0 radical (unpaired) electrons. The van der Waals surface area contributed by atoms with Crippen LogP contribution in [0.4, 0.5) is 0 Å². The summed E-state index contributed by atoms with van der Waals surface area (Å²) >= 11 is 3.36. The molecule has 0 spiro atoms. The van der Waals surface area contributed by atoms with Crippen molar-refractivity contribution in [1.82, 2.24) is 4.90 Å². The largest absolute Gasteiger partial charge is 0.484 e. The van der Waals surface area contributed by atoms with E-state index in [9.17, 15) is 9.59 Å². The first-order chi connectivity index (χ1) is 10.6. The molecule has 22 heavy (non-hydrogen) atoms. The summed E-state index contributed by atoms with van der Waals surface area (Å²) < 4.78 is 6.44. The van der Waals surface area contributed by atoms with Gasteiger partial charge in [0.25, 0.3) is 5.91 Å². The number of piperidine rings is 1. The second-order valence-electron chi connectivity index (χ2n) is 5.42. The van der Waals surface area contributed by atoms with Crippen LogP contribution in [-0.2, 0) is 9.59 Å². The third kappa shape index (κ3) is 5.02. The van der Waals surface area contributed by atoms with E-state index in [4.69, 9.17) is 9.84 Å². The zero-order valence-corrected chi connectivity index (χ0v) is 13.9. The third-order valence-electron chi connectivity index (χ3n) is 3.80. The Hall–Kier alpha value is -1.56. The van der Waals surface area contributed by atoms with Crippen LogP contribution >= 0.6 is 15.9 Å². The molecule has 1 atom stereocenters. The van der Waals surface area contributed by atoms with Crippen LogP contribution in [0.2, 0.25) is 0 Å².